The van der Waals surface area contributed by atoms with E-state index in [1.165, 1.54) is 14.0 Å². The van der Waals surface area contributed by atoms with E-state index in [1.807, 2.05) is 0 Å². The van der Waals surface area contributed by atoms with Gasteiger partial charge in [-0.25, -0.2) is 0 Å². The molecule has 0 spiro atoms. The molecule has 0 radical (unpaired) electrons. The summed E-state index contributed by atoms with van der Waals surface area (Å²) in [5.74, 6) is 0.316. The highest BCUT2D eigenvalue weighted by atomic mass is 16.6. The van der Waals surface area contributed by atoms with Crippen LogP contribution in [0.5, 0.6) is 11.5 Å². The van der Waals surface area contributed by atoms with E-state index in [1.54, 1.807) is 25.3 Å². The molecule has 19 heavy (non-hydrogen) atoms. The van der Waals surface area contributed by atoms with Gasteiger partial charge in [-0.05, 0) is 24.6 Å². The predicted octanol–water partition coefficient (Wildman–Crippen LogP) is 1.90. The van der Waals surface area contributed by atoms with Crippen molar-refractivity contribution in [2.75, 3.05) is 14.2 Å². The van der Waals surface area contributed by atoms with Gasteiger partial charge in [0.1, 0.15) is 11.9 Å². The molecule has 0 amide bonds. The van der Waals surface area contributed by atoms with Crippen LogP contribution in [0, 0.1) is 5.92 Å². The van der Waals surface area contributed by atoms with Crippen LogP contribution >= 0.6 is 0 Å². The number of Topliss-reactive ketones (excluding diaryl/α,β-unsaturated/α-hetero) is 1. The molecule has 5 nitrogen and oxygen atoms in total. The SMILES string of the molecule is COc1ccc(C2OC(=O)CC2C(C)=O)cc1OC. The average molecular weight is 264 g/mol. The van der Waals surface area contributed by atoms with E-state index in [-0.39, 0.29) is 18.2 Å². The molecule has 2 atom stereocenters. The van der Waals surface area contributed by atoms with Gasteiger partial charge in [0.15, 0.2) is 11.5 Å². The maximum atomic E-state index is 11.6. The molecular formula is C14H16O5. The van der Waals surface area contributed by atoms with Crippen molar-refractivity contribution in [3.8, 4) is 11.5 Å². The second-order valence-corrected chi connectivity index (χ2v) is 4.45. The van der Waals surface area contributed by atoms with Gasteiger partial charge >= 0.3 is 5.97 Å². The maximum Gasteiger partial charge on any atom is 0.307 e. The number of ether oxygens (including phenoxy) is 3. The first kappa shape index (κ1) is 13.4. The van der Waals surface area contributed by atoms with Gasteiger partial charge < -0.3 is 14.2 Å². The largest absolute Gasteiger partial charge is 0.493 e. The minimum Gasteiger partial charge on any atom is -0.493 e. The highest BCUT2D eigenvalue weighted by Crippen LogP contribution is 2.39. The summed E-state index contributed by atoms with van der Waals surface area (Å²) in [5.41, 5.74) is 0.740. The fraction of sp³-hybridized carbons (Fsp3) is 0.429. The number of carbonyl (C=O) groups is 2. The normalized spacial score (nSPS) is 21.9. The molecule has 1 heterocycles. The van der Waals surface area contributed by atoms with Crippen LogP contribution in [0.15, 0.2) is 18.2 Å². The van der Waals surface area contributed by atoms with Crippen molar-refractivity contribution in [2.24, 2.45) is 5.92 Å². The maximum absolute atomic E-state index is 11.6. The number of cyclic esters (lactones) is 1. The van der Waals surface area contributed by atoms with Gasteiger partial charge in [0.2, 0.25) is 0 Å². The Kier molecular flexibility index (Phi) is 3.74. The summed E-state index contributed by atoms with van der Waals surface area (Å²) >= 11 is 0. The van der Waals surface area contributed by atoms with Gasteiger partial charge in [-0.1, -0.05) is 6.07 Å². The lowest BCUT2D eigenvalue weighted by Crippen LogP contribution is -2.15. The van der Waals surface area contributed by atoms with E-state index in [2.05, 4.69) is 0 Å². The van der Waals surface area contributed by atoms with Gasteiger partial charge in [0.05, 0.1) is 26.6 Å². The number of methoxy groups -OCH3 is 2. The van der Waals surface area contributed by atoms with Crippen molar-refractivity contribution in [2.45, 2.75) is 19.4 Å². The Morgan fingerprint density at radius 1 is 1.26 bits per heavy atom. The molecule has 5 heteroatoms. The standard InChI is InChI=1S/C14H16O5/c1-8(15)10-7-13(16)19-14(10)9-4-5-11(17-2)12(6-9)18-3/h4-6,10,14H,7H2,1-3H3. The van der Waals surface area contributed by atoms with Crippen LogP contribution in [0.25, 0.3) is 0 Å². The van der Waals surface area contributed by atoms with Crippen LogP contribution in [0.1, 0.15) is 25.0 Å². The molecule has 0 N–H and O–H groups in total. The number of ketones is 1. The topological polar surface area (TPSA) is 61.8 Å². The lowest BCUT2D eigenvalue weighted by atomic mass is 9.92. The first-order chi connectivity index (χ1) is 9.06. The Balaban J connectivity index is 2.35. The molecule has 1 aromatic carbocycles. The summed E-state index contributed by atoms with van der Waals surface area (Å²) in [7, 11) is 3.08. The highest BCUT2D eigenvalue weighted by Gasteiger charge is 2.39. The highest BCUT2D eigenvalue weighted by molar-refractivity contribution is 5.87. The summed E-state index contributed by atoms with van der Waals surface area (Å²) in [6, 6.07) is 5.25. The Bertz CT molecular complexity index is 509. The minimum absolute atomic E-state index is 0.0503. The zero-order chi connectivity index (χ0) is 14.0. The van der Waals surface area contributed by atoms with Crippen LogP contribution in [0.3, 0.4) is 0 Å². The molecule has 1 aliphatic rings. The fourth-order valence-corrected chi connectivity index (χ4v) is 2.25. The quantitative estimate of drug-likeness (QED) is 0.777. The van der Waals surface area contributed by atoms with Crippen LogP contribution in [0.4, 0.5) is 0 Å². The van der Waals surface area contributed by atoms with E-state index < -0.39 is 12.0 Å². The van der Waals surface area contributed by atoms with Crippen molar-refractivity contribution in [3.05, 3.63) is 23.8 Å². The third-order valence-corrected chi connectivity index (χ3v) is 3.27. The molecule has 0 aromatic heterocycles. The molecule has 0 saturated carbocycles. The second-order valence-electron chi connectivity index (χ2n) is 4.45. The Hall–Kier alpha value is -2.04. The van der Waals surface area contributed by atoms with Crippen molar-refractivity contribution in [1.82, 2.24) is 0 Å². The summed E-state index contributed by atoms with van der Waals surface area (Å²) < 4.78 is 15.6. The van der Waals surface area contributed by atoms with E-state index in [0.29, 0.717) is 11.5 Å². The van der Waals surface area contributed by atoms with Gasteiger partial charge in [-0.3, -0.25) is 9.59 Å². The summed E-state index contributed by atoms with van der Waals surface area (Å²) in [4.78, 5) is 23.0. The monoisotopic (exact) mass is 264 g/mol. The summed E-state index contributed by atoms with van der Waals surface area (Å²) in [5, 5.41) is 0. The van der Waals surface area contributed by atoms with Crippen LogP contribution in [0.2, 0.25) is 0 Å². The van der Waals surface area contributed by atoms with Gasteiger partial charge in [-0.2, -0.15) is 0 Å². The van der Waals surface area contributed by atoms with Crippen molar-refractivity contribution in [1.29, 1.82) is 0 Å². The molecule has 1 aliphatic heterocycles. The smallest absolute Gasteiger partial charge is 0.307 e. The second kappa shape index (κ2) is 5.30. The predicted molar refractivity (Wildman–Crippen MR) is 67.2 cm³/mol. The molecule has 1 saturated heterocycles. The minimum atomic E-state index is -0.537. The number of benzene rings is 1. The molecule has 0 bridgehead atoms. The van der Waals surface area contributed by atoms with Crippen molar-refractivity contribution < 1.29 is 23.8 Å². The average Bonchev–Trinajstić information content (AvgIpc) is 2.80. The van der Waals surface area contributed by atoms with Crippen molar-refractivity contribution >= 4 is 11.8 Å². The molecule has 102 valence electrons. The number of carbonyl (C=O) groups excluding carboxylic acids is 2. The van der Waals surface area contributed by atoms with Crippen LogP contribution < -0.4 is 9.47 Å². The number of esters is 1. The van der Waals surface area contributed by atoms with Crippen LogP contribution in [-0.4, -0.2) is 26.0 Å². The zero-order valence-electron chi connectivity index (χ0n) is 11.1. The zero-order valence-corrected chi connectivity index (χ0v) is 11.1. The number of rotatable bonds is 4. The number of hydrogen-bond donors (Lipinski definition) is 0. The third-order valence-electron chi connectivity index (χ3n) is 3.27. The Morgan fingerprint density at radius 2 is 1.95 bits per heavy atom. The van der Waals surface area contributed by atoms with Gasteiger partial charge in [0, 0.05) is 0 Å². The Labute approximate surface area is 111 Å². The Morgan fingerprint density at radius 3 is 2.53 bits per heavy atom. The number of hydrogen-bond acceptors (Lipinski definition) is 5. The van der Waals surface area contributed by atoms with E-state index >= 15 is 0 Å². The van der Waals surface area contributed by atoms with Gasteiger partial charge in [0.25, 0.3) is 0 Å². The van der Waals surface area contributed by atoms with Gasteiger partial charge in [-0.15, -0.1) is 0 Å². The lowest BCUT2D eigenvalue weighted by Gasteiger charge is -2.17. The molecule has 0 aliphatic carbocycles. The molecule has 2 rings (SSSR count). The summed E-state index contributed by atoms with van der Waals surface area (Å²) in [6.45, 7) is 1.47. The molecular weight excluding hydrogens is 248 g/mol. The van der Waals surface area contributed by atoms with Crippen LogP contribution in [-0.2, 0) is 14.3 Å². The lowest BCUT2D eigenvalue weighted by molar-refractivity contribution is -0.141. The first-order valence-electron chi connectivity index (χ1n) is 5.98. The molecule has 1 fully saturated rings. The van der Waals surface area contributed by atoms with E-state index in [9.17, 15) is 9.59 Å². The first-order valence-corrected chi connectivity index (χ1v) is 5.98. The van der Waals surface area contributed by atoms with E-state index in [0.717, 1.165) is 5.56 Å². The summed E-state index contributed by atoms with van der Waals surface area (Å²) in [6.07, 6.45) is -0.404. The van der Waals surface area contributed by atoms with Crippen molar-refractivity contribution in [3.63, 3.8) is 0 Å². The van der Waals surface area contributed by atoms with E-state index in [4.69, 9.17) is 14.2 Å². The molecule has 1 aromatic rings. The fourth-order valence-electron chi connectivity index (χ4n) is 2.25. The third kappa shape index (κ3) is 2.54. The molecule has 2 unspecified atom stereocenters.